The lowest BCUT2D eigenvalue weighted by Crippen LogP contribution is -2.63. The Morgan fingerprint density at radius 1 is 0.663 bits per heavy atom. The zero-order valence-electron chi connectivity index (χ0n) is 51.5. The summed E-state index contributed by atoms with van der Waals surface area (Å²) >= 11 is 0. The molecule has 1 saturated heterocycles. The largest absolute Gasteiger partial charge is 0.458 e. The molecule has 0 aromatic heterocycles. The number of cyclic esters (lactones) is 1. The number of nitrogens with two attached hydrogens (primary N) is 1. The highest BCUT2D eigenvalue weighted by Gasteiger charge is 2.61. The van der Waals surface area contributed by atoms with Crippen molar-refractivity contribution in [2.24, 2.45) is 35.3 Å². The van der Waals surface area contributed by atoms with Gasteiger partial charge < -0.3 is 79.2 Å². The lowest BCUT2D eigenvalue weighted by Gasteiger charge is -2.31. The molecule has 2 fully saturated rings. The number of hydrogen-bond acceptors (Lipinski definition) is 16. The summed E-state index contributed by atoms with van der Waals surface area (Å²) in [4.78, 5) is 165. The molecule has 1 aromatic rings. The minimum Gasteiger partial charge on any atom is -0.458 e. The van der Waals surface area contributed by atoms with Crippen molar-refractivity contribution in [1.29, 1.82) is 0 Å². The van der Waals surface area contributed by atoms with Crippen LogP contribution < -0.4 is 64.2 Å². The van der Waals surface area contributed by atoms with Crippen LogP contribution in [0, 0.1) is 29.6 Å². The maximum absolute atomic E-state index is 14.4. The zero-order chi connectivity index (χ0) is 64.7. The first-order chi connectivity index (χ1) is 40.6. The molecule has 17 atom stereocenters. The molecule has 15 N–H and O–H groups in total. The van der Waals surface area contributed by atoms with Gasteiger partial charge in [0, 0.05) is 12.3 Å². The van der Waals surface area contributed by atoms with E-state index in [1.54, 1.807) is 62.4 Å². The highest BCUT2D eigenvalue weighted by molar-refractivity contribution is 6.01. The molecule has 2 unspecified atom stereocenters. The van der Waals surface area contributed by atoms with Crippen molar-refractivity contribution < 1.29 is 72.5 Å². The van der Waals surface area contributed by atoms with Gasteiger partial charge in [-0.15, -0.1) is 6.58 Å². The van der Waals surface area contributed by atoms with Gasteiger partial charge in [0.25, 0.3) is 0 Å². The molecule has 0 bridgehead atoms. The summed E-state index contributed by atoms with van der Waals surface area (Å²) in [6, 6.07) is -4.60. The number of carbonyl (C=O) groups is 12. The van der Waals surface area contributed by atoms with Crippen LogP contribution in [0.4, 0.5) is 0 Å². The van der Waals surface area contributed by atoms with Gasteiger partial charge in [0.1, 0.15) is 66.0 Å². The SMILES string of the molecule is C=CC1CC12NC(=O)[C@H](C)NC(=O)[C@H](NC(=O)[C@H](CO)NC(=O)[C@@H](NC(=O)[C@H](NC(=O)[C@@H](CCC(N)=O)NC(=O)[C@H](CO)NC(=O)[C@@H](NC(=O)[C@@H](CCc1ccccc1)NC)[C@@H](C)CC)[C@@H](C)CC)[C@@H](C)CC)[C@H](C)OC(=O)[C@H]([C@@H](C)CC)NC2=O. The standard InChI is InChI=1S/C59H94N12O15/c1-13-30(6)43(66-49(76)38(61-12)24-23-36-21-19-18-20-22-36)53(80)64-40(28-72)51(78)63-39(25-26-42(60)74)50(77)67-45(32(8)15-3)55(82)68-44(31(7)14-2)54(81)65-41(29-73)52(79)69-47-35(11)86-57(84)46(33(9)16-4)70-58(85)59(27-37(59)17-5)71-48(75)34(10)62-56(47)83/h17-22,30-35,37-41,43-47,61,72-73H,5,13-16,23-29H2,1-4,6-12H3,(H2,60,74)(H,62,83)(H,63,78)(H,64,80)(H,65,81)(H,66,76)(H,67,77)(H,68,82)(H,69,79)(H,70,85)(H,71,75)/t30-,31-,32-,33-,34-,35-,37?,38+,39+,40-,41-,43-,44-,45+,46-,47+,59?/m0/s1. The summed E-state index contributed by atoms with van der Waals surface area (Å²) in [7, 11) is 1.61. The highest BCUT2D eigenvalue weighted by atomic mass is 16.5. The minimum absolute atomic E-state index is 0.177. The molecule has 1 aromatic carbocycles. The van der Waals surface area contributed by atoms with E-state index in [-0.39, 0.29) is 19.3 Å². The van der Waals surface area contributed by atoms with Crippen LogP contribution in [-0.4, -0.2) is 173 Å². The molecule has 27 heteroatoms. The molecular weight excluding hydrogens is 1120 g/mol. The predicted octanol–water partition coefficient (Wildman–Crippen LogP) is -1.97. The first-order valence-electron chi connectivity index (χ1n) is 29.7. The van der Waals surface area contributed by atoms with E-state index in [1.165, 1.54) is 19.9 Å². The van der Waals surface area contributed by atoms with E-state index in [0.29, 0.717) is 25.7 Å². The van der Waals surface area contributed by atoms with Gasteiger partial charge in [0.2, 0.25) is 65.0 Å². The van der Waals surface area contributed by atoms with Crippen LogP contribution in [-0.2, 0) is 68.7 Å². The third-order valence-electron chi connectivity index (χ3n) is 16.5. The molecule has 1 aliphatic carbocycles. The number of primary amides is 1. The lowest BCUT2D eigenvalue weighted by atomic mass is 9.94. The van der Waals surface area contributed by atoms with Crippen LogP contribution in [0.25, 0.3) is 0 Å². The van der Waals surface area contributed by atoms with Gasteiger partial charge in [0.15, 0.2) is 0 Å². The number of esters is 1. The predicted molar refractivity (Wildman–Crippen MR) is 316 cm³/mol. The van der Waals surface area contributed by atoms with E-state index >= 15 is 0 Å². The molecule has 1 aliphatic heterocycles. The molecule has 1 saturated carbocycles. The van der Waals surface area contributed by atoms with Crippen LogP contribution >= 0.6 is 0 Å². The van der Waals surface area contributed by atoms with E-state index in [0.717, 1.165) is 5.56 Å². The number of hydrogen-bond donors (Lipinski definition) is 14. The van der Waals surface area contributed by atoms with E-state index in [1.807, 2.05) is 30.3 Å². The average Bonchev–Trinajstić information content (AvgIpc) is 1.71. The van der Waals surface area contributed by atoms with E-state index < -0.39 is 199 Å². The third-order valence-corrected chi connectivity index (χ3v) is 16.5. The first kappa shape index (κ1) is 72.7. The van der Waals surface area contributed by atoms with E-state index in [2.05, 4.69) is 65.1 Å². The number of likely N-dealkylation sites (N-methyl/N-ethyl adjacent to an activating group) is 1. The minimum atomic E-state index is -1.81. The maximum atomic E-state index is 14.4. The summed E-state index contributed by atoms with van der Waals surface area (Å²) in [6.07, 6.45) is 1.68. The number of aryl methyl sites for hydroxylation is 1. The topological polar surface area (TPSA) is 413 Å². The van der Waals surface area contributed by atoms with Crippen LogP contribution in [0.5, 0.6) is 0 Å². The molecule has 480 valence electrons. The van der Waals surface area contributed by atoms with Crippen LogP contribution in [0.1, 0.15) is 126 Å². The number of carbonyl (C=O) groups excluding carboxylic acids is 12. The molecule has 2 aliphatic rings. The van der Waals surface area contributed by atoms with E-state index in [4.69, 9.17) is 10.5 Å². The second kappa shape index (κ2) is 34.6. The fourth-order valence-electron chi connectivity index (χ4n) is 9.60. The van der Waals surface area contributed by atoms with Crippen molar-refractivity contribution in [1.82, 2.24) is 58.5 Å². The number of amides is 11. The quantitative estimate of drug-likeness (QED) is 0.0275. The number of benzene rings is 1. The Morgan fingerprint density at radius 3 is 1.60 bits per heavy atom. The van der Waals surface area contributed by atoms with Crippen molar-refractivity contribution >= 4 is 70.9 Å². The number of aliphatic hydroxyl groups excluding tert-OH is 2. The van der Waals surface area contributed by atoms with Crippen molar-refractivity contribution in [3.8, 4) is 0 Å². The van der Waals surface area contributed by atoms with Gasteiger partial charge in [-0.05, 0) is 75.8 Å². The van der Waals surface area contributed by atoms with Crippen molar-refractivity contribution in [2.75, 3.05) is 20.3 Å². The van der Waals surface area contributed by atoms with Gasteiger partial charge in [-0.2, -0.15) is 0 Å². The number of rotatable bonds is 32. The Bertz CT molecular complexity index is 2560. The summed E-state index contributed by atoms with van der Waals surface area (Å²) in [5, 5.41) is 49.5. The zero-order valence-corrected chi connectivity index (χ0v) is 51.5. The Kier molecular flexibility index (Phi) is 29.2. The number of ether oxygens (including phenoxy) is 1. The van der Waals surface area contributed by atoms with Gasteiger partial charge in [-0.1, -0.05) is 117 Å². The Morgan fingerprint density at radius 2 is 1.14 bits per heavy atom. The molecule has 86 heavy (non-hydrogen) atoms. The molecule has 11 amide bonds. The van der Waals surface area contributed by atoms with Crippen molar-refractivity contribution in [3.05, 3.63) is 48.6 Å². The summed E-state index contributed by atoms with van der Waals surface area (Å²) in [5.74, 6) is -13.4. The van der Waals surface area contributed by atoms with Crippen LogP contribution in [0.2, 0.25) is 0 Å². The molecule has 1 spiro atoms. The molecule has 1 heterocycles. The van der Waals surface area contributed by atoms with Gasteiger partial charge >= 0.3 is 5.97 Å². The molecule has 0 radical (unpaired) electrons. The Hall–Kier alpha value is -7.52. The molecule has 27 nitrogen and oxygen atoms in total. The van der Waals surface area contributed by atoms with Crippen molar-refractivity contribution in [3.63, 3.8) is 0 Å². The number of aliphatic hydroxyl groups is 2. The highest BCUT2D eigenvalue weighted by Crippen LogP contribution is 2.45. The molecular formula is C59H94N12O15. The fraction of sp³-hybridized carbons (Fsp3) is 0.661. The van der Waals surface area contributed by atoms with Gasteiger partial charge in [0.05, 0.1) is 19.3 Å². The second-order valence-electron chi connectivity index (χ2n) is 22.7. The lowest BCUT2D eigenvalue weighted by molar-refractivity contribution is -0.157. The van der Waals surface area contributed by atoms with Crippen LogP contribution in [0.15, 0.2) is 43.0 Å². The normalized spacial score (nSPS) is 23.5. The van der Waals surface area contributed by atoms with Gasteiger partial charge in [-0.3, -0.25) is 52.7 Å². The smallest absolute Gasteiger partial charge is 0.329 e. The van der Waals surface area contributed by atoms with Gasteiger partial charge in [-0.25, -0.2) is 4.79 Å². The summed E-state index contributed by atoms with van der Waals surface area (Å²) in [6.45, 7) is 18.0. The fourth-order valence-corrected chi connectivity index (χ4v) is 9.60. The first-order valence-corrected chi connectivity index (χ1v) is 29.7. The van der Waals surface area contributed by atoms with E-state index in [9.17, 15) is 67.7 Å². The Balaban J connectivity index is 1.84. The summed E-state index contributed by atoms with van der Waals surface area (Å²) in [5.41, 5.74) is 5.00. The van der Waals surface area contributed by atoms with Crippen molar-refractivity contribution in [2.45, 2.75) is 199 Å². The number of nitrogens with one attached hydrogen (secondary N) is 11. The second-order valence-corrected chi connectivity index (χ2v) is 22.7. The molecule has 3 rings (SSSR count). The maximum Gasteiger partial charge on any atom is 0.329 e. The monoisotopic (exact) mass is 1210 g/mol. The Labute approximate surface area is 503 Å². The average molecular weight is 1210 g/mol. The van der Waals surface area contributed by atoms with Crippen LogP contribution in [0.3, 0.4) is 0 Å². The summed E-state index contributed by atoms with van der Waals surface area (Å²) < 4.78 is 5.71. The third kappa shape index (κ3) is 20.3.